The number of hydrogen-bond donors (Lipinski definition) is 2. The maximum atomic E-state index is 14.0. The second kappa shape index (κ2) is 7.76. The third-order valence-electron chi connectivity index (χ3n) is 5.60. The van der Waals surface area contributed by atoms with Gasteiger partial charge in [-0.2, -0.15) is 0 Å². The minimum Gasteiger partial charge on any atom is -0.399 e. The zero-order valence-corrected chi connectivity index (χ0v) is 17.1. The van der Waals surface area contributed by atoms with E-state index in [1.807, 2.05) is 29.0 Å². The molecule has 0 amide bonds. The summed E-state index contributed by atoms with van der Waals surface area (Å²) >= 11 is 0. The Bertz CT molecular complexity index is 1340. The van der Waals surface area contributed by atoms with Crippen LogP contribution < -0.4 is 21.9 Å². The van der Waals surface area contributed by atoms with E-state index >= 15 is 0 Å². The standard InChI is InChI=1S/C26H23FN4/c1-17-23(11-18-9-5-6-10-18)30-26-24(12-19-7-3-2-4-8-19)29-25(16-31(17)26)20-13-21(27)15-22(28)14-20/h2-9,13-16,29H,1,10-12,28H2. The number of nitrogen functional groups attached to an aromatic ring is 1. The van der Waals surface area contributed by atoms with Gasteiger partial charge < -0.3 is 11.1 Å². The van der Waals surface area contributed by atoms with Gasteiger partial charge in [0.1, 0.15) is 5.82 Å². The average Bonchev–Trinajstić information content (AvgIpc) is 3.37. The average molecular weight is 410 g/mol. The highest BCUT2D eigenvalue weighted by Gasteiger charge is 2.18. The van der Waals surface area contributed by atoms with Gasteiger partial charge in [-0.15, -0.1) is 0 Å². The molecule has 2 heterocycles. The van der Waals surface area contributed by atoms with E-state index < -0.39 is 0 Å². The SMILES string of the molecule is C=c1c(CC2=CC=CC2)nc2n1C=C(c1cc(N)cc(F)c1)NC=2Cc1ccccc1. The predicted molar refractivity (Wildman–Crippen MR) is 124 cm³/mol. The Morgan fingerprint density at radius 3 is 2.71 bits per heavy atom. The van der Waals surface area contributed by atoms with Crippen LogP contribution in [0.15, 0.2) is 72.3 Å². The highest BCUT2D eigenvalue weighted by atomic mass is 19.1. The fraction of sp³-hybridized carbons (Fsp3) is 0.115. The quantitative estimate of drug-likeness (QED) is 0.635. The Kier molecular flexibility index (Phi) is 4.79. The van der Waals surface area contributed by atoms with Gasteiger partial charge in [-0.3, -0.25) is 4.57 Å². The molecule has 1 aliphatic carbocycles. The first kappa shape index (κ1) is 19.1. The minimum absolute atomic E-state index is 0.366. The van der Waals surface area contributed by atoms with Gasteiger partial charge in [0.2, 0.25) is 0 Å². The normalized spacial score (nSPS) is 14.8. The smallest absolute Gasteiger partial charge is 0.157 e. The number of nitrogens with one attached hydrogen (secondary N) is 1. The molecule has 0 bridgehead atoms. The lowest BCUT2D eigenvalue weighted by atomic mass is 10.1. The van der Waals surface area contributed by atoms with Crippen LogP contribution in [0.1, 0.15) is 23.2 Å². The second-order valence-electron chi connectivity index (χ2n) is 7.91. The van der Waals surface area contributed by atoms with Gasteiger partial charge in [-0.1, -0.05) is 60.7 Å². The highest BCUT2D eigenvalue weighted by Crippen LogP contribution is 2.22. The summed E-state index contributed by atoms with van der Waals surface area (Å²) < 4.78 is 16.1. The van der Waals surface area contributed by atoms with Gasteiger partial charge in [0, 0.05) is 30.3 Å². The van der Waals surface area contributed by atoms with Crippen molar-refractivity contribution in [3.8, 4) is 0 Å². The molecule has 0 fully saturated rings. The molecule has 5 rings (SSSR count). The fourth-order valence-corrected chi connectivity index (χ4v) is 4.06. The van der Waals surface area contributed by atoms with Crippen LogP contribution in [0.4, 0.5) is 10.1 Å². The first-order valence-electron chi connectivity index (χ1n) is 10.3. The first-order chi connectivity index (χ1) is 15.1. The number of aromatic nitrogens is 2. The summed E-state index contributed by atoms with van der Waals surface area (Å²) in [7, 11) is 0. The maximum absolute atomic E-state index is 14.0. The van der Waals surface area contributed by atoms with Crippen molar-refractivity contribution < 1.29 is 4.39 Å². The van der Waals surface area contributed by atoms with Crippen LogP contribution in [0.25, 0.3) is 24.2 Å². The summed E-state index contributed by atoms with van der Waals surface area (Å²) in [4.78, 5) is 4.94. The number of halogens is 1. The molecule has 4 nitrogen and oxygen atoms in total. The van der Waals surface area contributed by atoms with Crippen molar-refractivity contribution >= 4 is 29.9 Å². The molecule has 3 N–H and O–H groups in total. The van der Waals surface area contributed by atoms with Gasteiger partial charge in [-0.05, 0) is 30.2 Å². The van der Waals surface area contributed by atoms with Gasteiger partial charge >= 0.3 is 0 Å². The van der Waals surface area contributed by atoms with Crippen LogP contribution in [0.2, 0.25) is 0 Å². The third-order valence-corrected chi connectivity index (χ3v) is 5.60. The van der Waals surface area contributed by atoms with E-state index in [0.717, 1.165) is 46.3 Å². The predicted octanol–water partition coefficient (Wildman–Crippen LogP) is 3.35. The number of nitrogens with two attached hydrogens (primary N) is 1. The van der Waals surface area contributed by atoms with E-state index in [0.29, 0.717) is 17.7 Å². The molecule has 5 heteroatoms. The maximum Gasteiger partial charge on any atom is 0.157 e. The molecule has 0 unspecified atom stereocenters. The van der Waals surface area contributed by atoms with Crippen molar-refractivity contribution in [2.45, 2.75) is 19.3 Å². The monoisotopic (exact) mass is 410 g/mol. The number of benzene rings is 2. The lowest BCUT2D eigenvalue weighted by Crippen LogP contribution is -2.35. The van der Waals surface area contributed by atoms with Crippen molar-refractivity contribution in [2.24, 2.45) is 0 Å². The van der Waals surface area contributed by atoms with Gasteiger partial charge in [-0.25, -0.2) is 9.37 Å². The molecule has 31 heavy (non-hydrogen) atoms. The summed E-state index contributed by atoms with van der Waals surface area (Å²) in [6, 6.07) is 14.8. The van der Waals surface area contributed by atoms with Crippen LogP contribution in [-0.2, 0) is 12.8 Å². The topological polar surface area (TPSA) is 55.9 Å². The van der Waals surface area contributed by atoms with Crippen LogP contribution in [0, 0.1) is 5.82 Å². The largest absolute Gasteiger partial charge is 0.399 e. The van der Waals surface area contributed by atoms with E-state index in [9.17, 15) is 4.39 Å². The van der Waals surface area contributed by atoms with Crippen molar-refractivity contribution in [1.29, 1.82) is 0 Å². The molecule has 0 saturated carbocycles. The van der Waals surface area contributed by atoms with E-state index in [1.54, 1.807) is 6.07 Å². The molecular formula is C26H23FN4. The van der Waals surface area contributed by atoms with Crippen LogP contribution in [-0.4, -0.2) is 9.55 Å². The van der Waals surface area contributed by atoms with E-state index in [1.165, 1.54) is 17.7 Å². The first-order valence-corrected chi connectivity index (χ1v) is 10.3. The molecule has 0 spiro atoms. The summed E-state index contributed by atoms with van der Waals surface area (Å²) in [5.41, 5.74) is 12.9. The zero-order chi connectivity index (χ0) is 21.4. The molecule has 0 saturated heterocycles. The lowest BCUT2D eigenvalue weighted by molar-refractivity contribution is 0.628. The Hall–Kier alpha value is -3.86. The van der Waals surface area contributed by atoms with Gasteiger partial charge in [0.25, 0.3) is 0 Å². The number of nitrogens with zero attached hydrogens (tertiary/aromatic N) is 2. The van der Waals surface area contributed by atoms with Crippen LogP contribution in [0.5, 0.6) is 0 Å². The molecule has 2 aromatic carbocycles. The fourth-order valence-electron chi connectivity index (χ4n) is 4.06. The Balaban J connectivity index is 1.62. The summed E-state index contributed by atoms with van der Waals surface area (Å²) in [6.45, 7) is 4.31. The Morgan fingerprint density at radius 2 is 1.97 bits per heavy atom. The number of anilines is 1. The summed E-state index contributed by atoms with van der Waals surface area (Å²) in [6.07, 6.45) is 10.7. The van der Waals surface area contributed by atoms with Crippen molar-refractivity contribution in [1.82, 2.24) is 14.9 Å². The Morgan fingerprint density at radius 1 is 1.13 bits per heavy atom. The highest BCUT2D eigenvalue weighted by molar-refractivity contribution is 5.81. The van der Waals surface area contributed by atoms with Crippen LogP contribution >= 0.6 is 0 Å². The molecule has 0 atom stereocenters. The van der Waals surface area contributed by atoms with E-state index in [4.69, 9.17) is 10.7 Å². The number of rotatable bonds is 5. The molecule has 1 aliphatic heterocycles. The molecule has 2 aliphatic rings. The second-order valence-corrected chi connectivity index (χ2v) is 7.91. The molecule has 0 radical (unpaired) electrons. The molecule has 3 aromatic rings. The van der Waals surface area contributed by atoms with Gasteiger partial charge in [0.05, 0.1) is 22.4 Å². The van der Waals surface area contributed by atoms with Crippen molar-refractivity contribution in [2.75, 3.05) is 5.73 Å². The summed E-state index contributed by atoms with van der Waals surface area (Å²) in [5.74, 6) is -0.366. The molecule has 1 aromatic heterocycles. The van der Waals surface area contributed by atoms with E-state index in [2.05, 4.69) is 42.3 Å². The molecule has 154 valence electrons. The number of hydrogen-bond acceptors (Lipinski definition) is 3. The lowest BCUT2D eigenvalue weighted by Gasteiger charge is -2.19. The minimum atomic E-state index is -0.366. The summed E-state index contributed by atoms with van der Waals surface area (Å²) in [5, 5.41) is 4.32. The number of imidazole rings is 1. The van der Waals surface area contributed by atoms with Crippen molar-refractivity contribution in [3.05, 3.63) is 106 Å². The van der Waals surface area contributed by atoms with Crippen molar-refractivity contribution in [3.63, 3.8) is 0 Å². The number of fused-ring (bicyclic) bond motifs is 1. The van der Waals surface area contributed by atoms with Crippen LogP contribution in [0.3, 0.4) is 0 Å². The number of allylic oxidation sites excluding steroid dienone is 4. The Labute approximate surface area is 180 Å². The van der Waals surface area contributed by atoms with E-state index in [-0.39, 0.29) is 5.82 Å². The third kappa shape index (κ3) is 3.82. The van der Waals surface area contributed by atoms with Gasteiger partial charge in [0.15, 0.2) is 5.48 Å². The zero-order valence-electron chi connectivity index (χ0n) is 17.1. The molecular weight excluding hydrogens is 387 g/mol.